The van der Waals surface area contributed by atoms with Crippen LogP contribution in [-0.2, 0) is 16.6 Å². The van der Waals surface area contributed by atoms with Crippen molar-refractivity contribution in [3.63, 3.8) is 0 Å². The Morgan fingerprint density at radius 1 is 1.02 bits per heavy atom. The minimum atomic E-state index is -0.399. The topological polar surface area (TPSA) is 117 Å². The zero-order valence-corrected chi connectivity index (χ0v) is 26.1. The number of hydrogen-bond donors (Lipinski definition) is 3. The van der Waals surface area contributed by atoms with Crippen LogP contribution in [0.2, 0.25) is 0 Å². The number of amides is 3. The van der Waals surface area contributed by atoms with Gasteiger partial charge in [-0.2, -0.15) is 0 Å². The van der Waals surface area contributed by atoms with Crippen molar-refractivity contribution in [1.82, 2.24) is 24.8 Å². The van der Waals surface area contributed by atoms with E-state index in [2.05, 4.69) is 42.5 Å². The Morgan fingerprint density at radius 2 is 1.79 bits per heavy atom. The molecule has 0 radical (unpaired) electrons. The van der Waals surface area contributed by atoms with Crippen LogP contribution in [0, 0.1) is 0 Å². The highest BCUT2D eigenvalue weighted by Gasteiger charge is 2.20. The quantitative estimate of drug-likeness (QED) is 0.187. The summed E-state index contributed by atoms with van der Waals surface area (Å²) in [5.74, 6) is 1.12. The summed E-state index contributed by atoms with van der Waals surface area (Å²) in [6, 6.07) is 15.0. The van der Waals surface area contributed by atoms with Crippen LogP contribution in [0.5, 0.6) is 0 Å². The third-order valence-electron chi connectivity index (χ3n) is 7.40. The van der Waals surface area contributed by atoms with Gasteiger partial charge in [0.1, 0.15) is 5.76 Å². The number of thiazole rings is 1. The molecule has 0 spiro atoms. The van der Waals surface area contributed by atoms with Gasteiger partial charge in [0, 0.05) is 42.0 Å². The summed E-state index contributed by atoms with van der Waals surface area (Å²) in [6.07, 6.45) is 4.91. The molecule has 1 saturated heterocycles. The maximum Gasteiger partial charge on any atom is 0.324 e. The van der Waals surface area contributed by atoms with E-state index >= 15 is 0 Å². The molecule has 1 aliphatic heterocycles. The normalized spacial score (nSPS) is 13.7. The first-order chi connectivity index (χ1) is 20.2. The molecular formula is C31H36ClN7O3S. The van der Waals surface area contributed by atoms with Crippen LogP contribution in [0.25, 0.3) is 26.4 Å². The number of nitrogens with one attached hydrogen (secondary N) is 3. The van der Waals surface area contributed by atoms with Gasteiger partial charge in [-0.3, -0.25) is 14.5 Å². The number of carbonyl (C=O) groups is 2. The number of benzene rings is 2. The second kappa shape index (κ2) is 12.7. The third kappa shape index (κ3) is 7.18. The molecule has 0 bridgehead atoms. The highest BCUT2D eigenvalue weighted by Crippen LogP contribution is 2.31. The van der Waals surface area contributed by atoms with E-state index in [1.54, 1.807) is 17.4 Å². The third-order valence-corrected chi connectivity index (χ3v) is 8.42. The summed E-state index contributed by atoms with van der Waals surface area (Å²) in [5.41, 5.74) is 4.30. The van der Waals surface area contributed by atoms with Crippen LogP contribution in [0.3, 0.4) is 0 Å². The minimum Gasteiger partial charge on any atom is -0.359 e. The molecule has 0 saturated carbocycles. The van der Waals surface area contributed by atoms with Crippen LogP contribution < -0.4 is 16.0 Å². The molecule has 3 amide bonds. The Bertz CT molecular complexity index is 1730. The predicted molar refractivity (Wildman–Crippen MR) is 173 cm³/mol. The average Bonchev–Trinajstić information content (AvgIpc) is 3.74. The van der Waals surface area contributed by atoms with Crippen LogP contribution in [0.15, 0.2) is 59.3 Å². The number of halogens is 1. The maximum atomic E-state index is 12.5. The number of carbonyl (C=O) groups excluding carboxylic acids is 2. The van der Waals surface area contributed by atoms with E-state index in [1.165, 1.54) is 12.8 Å². The number of anilines is 2. The molecule has 43 heavy (non-hydrogen) atoms. The lowest BCUT2D eigenvalue weighted by Crippen LogP contribution is -2.34. The highest BCUT2D eigenvalue weighted by atomic mass is 35.5. The van der Waals surface area contributed by atoms with Crippen LogP contribution >= 0.6 is 23.7 Å². The second-order valence-electron chi connectivity index (χ2n) is 11.7. The zero-order valence-electron chi connectivity index (χ0n) is 24.5. The van der Waals surface area contributed by atoms with E-state index in [9.17, 15) is 9.59 Å². The van der Waals surface area contributed by atoms with Crippen LogP contribution in [-0.4, -0.2) is 57.6 Å². The van der Waals surface area contributed by atoms with Crippen molar-refractivity contribution >= 4 is 62.4 Å². The van der Waals surface area contributed by atoms with Gasteiger partial charge in [-0.15, -0.1) is 12.4 Å². The largest absolute Gasteiger partial charge is 0.359 e. The molecule has 12 heteroatoms. The van der Waals surface area contributed by atoms with Gasteiger partial charge in [0.05, 0.1) is 22.3 Å². The predicted octanol–water partition coefficient (Wildman–Crippen LogP) is 6.32. The molecular weight excluding hydrogens is 586 g/mol. The molecule has 0 aliphatic carbocycles. The van der Waals surface area contributed by atoms with Crippen molar-refractivity contribution in [3.8, 4) is 11.3 Å². The molecule has 2 aromatic carbocycles. The molecule has 10 nitrogen and oxygen atoms in total. The molecule has 5 aromatic rings. The van der Waals surface area contributed by atoms with Crippen LogP contribution in [0.4, 0.5) is 16.3 Å². The summed E-state index contributed by atoms with van der Waals surface area (Å²) in [7, 11) is 0. The molecule has 226 valence electrons. The molecule has 1 aliphatic rings. The number of fused-ring (bicyclic) bond motifs is 3. The lowest BCUT2D eigenvalue weighted by Gasteiger charge is -2.14. The zero-order chi connectivity index (χ0) is 29.3. The maximum absolute atomic E-state index is 12.5. The summed E-state index contributed by atoms with van der Waals surface area (Å²) < 4.78 is 8.50. The van der Waals surface area contributed by atoms with E-state index in [0.717, 1.165) is 51.6 Å². The first kappa shape index (κ1) is 30.5. The number of rotatable bonds is 8. The Labute approximate surface area is 260 Å². The standard InChI is InChI=1S/C31H35N7O3S.ClH/c1-31(2,3)26-18-27(36-41-26)35-29(40)33-22-9-7-21(8-10-22)23-19-38-24-11-6-20(16-25(24)42-30(38)34-23)17-28(39)32-12-15-37-13-4-5-14-37;/h6-11,16,18-19H,4-5,12-15,17H2,1-3H3,(H,32,39)(H2,33,35,36,40);1H. The Hall–Kier alpha value is -3.93. The Morgan fingerprint density at radius 3 is 2.51 bits per heavy atom. The molecule has 1 fully saturated rings. The number of nitrogens with zero attached hydrogens (tertiary/aromatic N) is 4. The van der Waals surface area contributed by atoms with Crippen molar-refractivity contribution in [2.75, 3.05) is 36.8 Å². The fourth-order valence-electron chi connectivity index (χ4n) is 5.09. The molecule has 0 unspecified atom stereocenters. The highest BCUT2D eigenvalue weighted by molar-refractivity contribution is 7.23. The Balaban J connectivity index is 0.00000368. The lowest BCUT2D eigenvalue weighted by molar-refractivity contribution is -0.120. The fourth-order valence-corrected chi connectivity index (χ4v) is 6.16. The molecule has 4 heterocycles. The van der Waals surface area contributed by atoms with Gasteiger partial charge in [-0.25, -0.2) is 9.78 Å². The SMILES string of the molecule is CC(C)(C)c1cc(NC(=O)Nc2ccc(-c3cn4c(n3)sc3cc(CC(=O)NCCN5CCCC5)ccc34)cc2)no1.Cl. The Kier molecular flexibility index (Phi) is 9.05. The van der Waals surface area contributed by atoms with Crippen molar-refractivity contribution in [3.05, 3.63) is 66.1 Å². The minimum absolute atomic E-state index is 0. The van der Waals surface area contributed by atoms with Crippen molar-refractivity contribution in [2.24, 2.45) is 0 Å². The molecule has 3 N–H and O–H groups in total. The van der Waals surface area contributed by atoms with Crippen molar-refractivity contribution < 1.29 is 14.1 Å². The van der Waals surface area contributed by atoms with E-state index in [4.69, 9.17) is 9.51 Å². The fraction of sp³-hybridized carbons (Fsp3) is 0.355. The second-order valence-corrected chi connectivity index (χ2v) is 12.8. The number of likely N-dealkylation sites (tertiary alicyclic amines) is 1. The van der Waals surface area contributed by atoms with Gasteiger partial charge >= 0.3 is 6.03 Å². The van der Waals surface area contributed by atoms with E-state index in [0.29, 0.717) is 30.2 Å². The molecule has 3 aromatic heterocycles. The number of aromatic nitrogens is 3. The van der Waals surface area contributed by atoms with E-state index in [1.807, 2.05) is 57.3 Å². The first-order valence-electron chi connectivity index (χ1n) is 14.3. The summed E-state index contributed by atoms with van der Waals surface area (Å²) in [5, 5.41) is 12.5. The van der Waals surface area contributed by atoms with E-state index < -0.39 is 6.03 Å². The average molecular weight is 622 g/mol. The number of hydrogen-bond acceptors (Lipinski definition) is 7. The first-order valence-corrected chi connectivity index (χ1v) is 15.1. The lowest BCUT2D eigenvalue weighted by atomic mass is 9.93. The number of imidazole rings is 1. The van der Waals surface area contributed by atoms with Gasteiger partial charge in [-0.1, -0.05) is 55.5 Å². The number of urea groups is 1. The van der Waals surface area contributed by atoms with Gasteiger partial charge in [0.2, 0.25) is 5.91 Å². The molecule has 0 atom stereocenters. The summed E-state index contributed by atoms with van der Waals surface area (Å²) in [6.45, 7) is 9.94. The summed E-state index contributed by atoms with van der Waals surface area (Å²) in [4.78, 5) is 33.0. The monoisotopic (exact) mass is 621 g/mol. The smallest absolute Gasteiger partial charge is 0.324 e. The van der Waals surface area contributed by atoms with Gasteiger partial charge < -0.3 is 20.1 Å². The van der Waals surface area contributed by atoms with Crippen molar-refractivity contribution in [1.29, 1.82) is 0 Å². The van der Waals surface area contributed by atoms with Gasteiger partial charge in [0.25, 0.3) is 0 Å². The van der Waals surface area contributed by atoms with Gasteiger partial charge in [0.15, 0.2) is 10.8 Å². The van der Waals surface area contributed by atoms with E-state index in [-0.39, 0.29) is 23.7 Å². The molecule has 6 rings (SSSR count). The van der Waals surface area contributed by atoms with Gasteiger partial charge in [-0.05, 0) is 55.8 Å². The summed E-state index contributed by atoms with van der Waals surface area (Å²) >= 11 is 1.60. The van der Waals surface area contributed by atoms with Crippen LogP contribution in [0.1, 0.15) is 44.9 Å². The van der Waals surface area contributed by atoms with Crippen molar-refractivity contribution in [2.45, 2.75) is 45.4 Å².